The third-order valence-corrected chi connectivity index (χ3v) is 5.13. The maximum atomic E-state index is 13.1. The average molecular weight is 458 g/mol. The van der Waals surface area contributed by atoms with Gasteiger partial charge in [-0.3, -0.25) is 14.2 Å². The van der Waals surface area contributed by atoms with Crippen LogP contribution in [-0.2, 0) is 17.8 Å². The van der Waals surface area contributed by atoms with Gasteiger partial charge in [0.25, 0.3) is 11.5 Å². The largest absolute Gasteiger partial charge is 0.454 e. The molecule has 1 amide bonds. The summed E-state index contributed by atoms with van der Waals surface area (Å²) in [7, 11) is 1.50. The third-order valence-electron chi connectivity index (χ3n) is 4.89. The van der Waals surface area contributed by atoms with Crippen LogP contribution in [0.3, 0.4) is 0 Å². The van der Waals surface area contributed by atoms with E-state index >= 15 is 0 Å². The molecule has 1 aromatic heterocycles. The van der Waals surface area contributed by atoms with E-state index in [2.05, 4.69) is 5.32 Å². The van der Waals surface area contributed by atoms with Crippen molar-refractivity contribution >= 4 is 17.5 Å². The molecular formula is C22H20ClN3O6. The Labute approximate surface area is 187 Å². The van der Waals surface area contributed by atoms with Gasteiger partial charge in [-0.2, -0.15) is 0 Å². The van der Waals surface area contributed by atoms with Crippen LogP contribution in [0, 0.1) is 0 Å². The van der Waals surface area contributed by atoms with Crippen molar-refractivity contribution in [2.75, 3.05) is 20.5 Å². The van der Waals surface area contributed by atoms with Crippen molar-refractivity contribution in [2.45, 2.75) is 13.1 Å². The van der Waals surface area contributed by atoms with E-state index in [0.29, 0.717) is 16.5 Å². The Kier molecular flexibility index (Phi) is 6.29. The molecule has 0 fully saturated rings. The third kappa shape index (κ3) is 4.39. The van der Waals surface area contributed by atoms with Crippen molar-refractivity contribution in [1.82, 2.24) is 14.5 Å². The van der Waals surface area contributed by atoms with Gasteiger partial charge < -0.3 is 19.5 Å². The molecule has 0 bridgehead atoms. The maximum absolute atomic E-state index is 13.1. The second kappa shape index (κ2) is 9.29. The first-order valence-electron chi connectivity index (χ1n) is 9.76. The molecule has 0 unspecified atom stereocenters. The van der Waals surface area contributed by atoms with Crippen molar-refractivity contribution in [3.05, 3.63) is 85.6 Å². The van der Waals surface area contributed by atoms with Crippen molar-refractivity contribution in [3.63, 3.8) is 0 Å². The molecule has 2 aromatic carbocycles. The molecule has 1 aliphatic rings. The van der Waals surface area contributed by atoms with Crippen LogP contribution in [0.25, 0.3) is 5.69 Å². The highest BCUT2D eigenvalue weighted by Gasteiger charge is 2.19. The number of methoxy groups -OCH3 is 1. The fraction of sp³-hybridized carbons (Fsp3) is 0.227. The molecule has 9 nitrogen and oxygen atoms in total. The minimum Gasteiger partial charge on any atom is -0.454 e. The summed E-state index contributed by atoms with van der Waals surface area (Å²) < 4.78 is 17.9. The highest BCUT2D eigenvalue weighted by molar-refractivity contribution is 6.30. The fourth-order valence-corrected chi connectivity index (χ4v) is 3.46. The first kappa shape index (κ1) is 21.7. The smallest absolute Gasteiger partial charge is 0.335 e. The summed E-state index contributed by atoms with van der Waals surface area (Å²) in [6.45, 7) is 0.699. The van der Waals surface area contributed by atoms with Crippen molar-refractivity contribution in [3.8, 4) is 17.2 Å². The summed E-state index contributed by atoms with van der Waals surface area (Å²) in [5.74, 6) is 0.609. The zero-order valence-corrected chi connectivity index (χ0v) is 17.9. The standard InChI is InChI=1S/C22H20ClN3O6/c1-30-8-7-25-12-17(21(28)26(22(25)29)16-4-2-3-15(23)10-16)20(27)24-11-14-5-6-18-19(9-14)32-13-31-18/h2-6,9-10,12H,7-8,11,13H2,1H3,(H,24,27). The highest BCUT2D eigenvalue weighted by Crippen LogP contribution is 2.32. The van der Waals surface area contributed by atoms with Gasteiger partial charge in [0, 0.05) is 24.9 Å². The zero-order chi connectivity index (χ0) is 22.7. The van der Waals surface area contributed by atoms with Crippen LogP contribution >= 0.6 is 11.6 Å². The molecule has 32 heavy (non-hydrogen) atoms. The van der Waals surface area contributed by atoms with E-state index in [1.165, 1.54) is 23.9 Å². The Balaban J connectivity index is 1.67. The van der Waals surface area contributed by atoms with Gasteiger partial charge in [0.2, 0.25) is 6.79 Å². The molecule has 0 saturated carbocycles. The topological polar surface area (TPSA) is 101 Å². The van der Waals surface area contributed by atoms with E-state index < -0.39 is 17.2 Å². The molecule has 10 heteroatoms. The fourth-order valence-electron chi connectivity index (χ4n) is 3.28. The number of ether oxygens (including phenoxy) is 3. The summed E-state index contributed by atoms with van der Waals surface area (Å²) in [5, 5.41) is 3.08. The van der Waals surface area contributed by atoms with E-state index in [1.54, 1.807) is 36.4 Å². The SMILES string of the molecule is COCCn1cc(C(=O)NCc2ccc3c(c2)OCO3)c(=O)n(-c2cccc(Cl)c2)c1=O. The summed E-state index contributed by atoms with van der Waals surface area (Å²) >= 11 is 6.04. The van der Waals surface area contributed by atoms with Gasteiger partial charge in [-0.05, 0) is 35.9 Å². The number of benzene rings is 2. The summed E-state index contributed by atoms with van der Waals surface area (Å²) in [4.78, 5) is 39.0. The monoisotopic (exact) mass is 457 g/mol. The number of amides is 1. The van der Waals surface area contributed by atoms with E-state index in [1.807, 2.05) is 0 Å². The zero-order valence-electron chi connectivity index (χ0n) is 17.2. The minimum absolute atomic E-state index is 0.150. The average Bonchev–Trinajstić information content (AvgIpc) is 3.25. The molecule has 1 aliphatic heterocycles. The van der Waals surface area contributed by atoms with Crippen LogP contribution < -0.4 is 26.0 Å². The van der Waals surface area contributed by atoms with E-state index in [9.17, 15) is 14.4 Å². The molecule has 0 saturated heterocycles. The van der Waals surface area contributed by atoms with E-state index in [0.717, 1.165) is 10.1 Å². The number of aromatic nitrogens is 2. The molecular weight excluding hydrogens is 438 g/mol. The Morgan fingerprint density at radius 3 is 2.75 bits per heavy atom. The predicted molar refractivity (Wildman–Crippen MR) is 117 cm³/mol. The number of carbonyl (C=O) groups excluding carboxylic acids is 1. The highest BCUT2D eigenvalue weighted by atomic mass is 35.5. The summed E-state index contributed by atoms with van der Waals surface area (Å²) in [6, 6.07) is 11.6. The Morgan fingerprint density at radius 2 is 1.97 bits per heavy atom. The molecule has 0 atom stereocenters. The van der Waals surface area contributed by atoms with E-state index in [4.69, 9.17) is 25.8 Å². The Bertz CT molecular complexity index is 1280. The minimum atomic E-state index is -0.742. The summed E-state index contributed by atoms with van der Waals surface area (Å²) in [6.07, 6.45) is 1.25. The van der Waals surface area contributed by atoms with Crippen molar-refractivity contribution in [1.29, 1.82) is 0 Å². The first-order valence-corrected chi connectivity index (χ1v) is 10.1. The molecule has 4 rings (SSSR count). The first-order chi connectivity index (χ1) is 15.5. The van der Waals surface area contributed by atoms with Crippen LogP contribution in [0.1, 0.15) is 15.9 Å². The van der Waals surface area contributed by atoms with Gasteiger partial charge in [0.1, 0.15) is 5.56 Å². The van der Waals surface area contributed by atoms with Crippen LogP contribution in [0.2, 0.25) is 5.02 Å². The van der Waals surface area contributed by atoms with Gasteiger partial charge in [-0.25, -0.2) is 9.36 Å². The number of carbonyl (C=O) groups is 1. The quantitative estimate of drug-likeness (QED) is 0.582. The Hall–Kier alpha value is -3.56. The molecule has 0 aliphatic carbocycles. The molecule has 0 radical (unpaired) electrons. The second-order valence-corrected chi connectivity index (χ2v) is 7.44. The molecule has 1 N–H and O–H groups in total. The van der Waals surface area contributed by atoms with Crippen molar-refractivity contribution < 1.29 is 19.0 Å². The van der Waals surface area contributed by atoms with Gasteiger partial charge in [-0.1, -0.05) is 23.7 Å². The lowest BCUT2D eigenvalue weighted by molar-refractivity contribution is 0.0947. The maximum Gasteiger partial charge on any atom is 0.335 e. The van der Waals surface area contributed by atoms with Crippen LogP contribution in [0.4, 0.5) is 0 Å². The number of fused-ring (bicyclic) bond motifs is 1. The molecule has 2 heterocycles. The number of nitrogens with one attached hydrogen (secondary N) is 1. The lowest BCUT2D eigenvalue weighted by Crippen LogP contribution is -2.43. The van der Waals surface area contributed by atoms with Gasteiger partial charge in [0.05, 0.1) is 18.8 Å². The lowest BCUT2D eigenvalue weighted by atomic mass is 10.2. The molecule has 3 aromatic rings. The molecule has 166 valence electrons. The van der Waals surface area contributed by atoms with Crippen LogP contribution in [0.15, 0.2) is 58.3 Å². The Morgan fingerprint density at radius 1 is 1.16 bits per heavy atom. The number of halogens is 1. The number of nitrogens with zero attached hydrogens (tertiary/aromatic N) is 2. The number of hydrogen-bond donors (Lipinski definition) is 1. The van der Waals surface area contributed by atoms with Crippen LogP contribution in [0.5, 0.6) is 11.5 Å². The van der Waals surface area contributed by atoms with Gasteiger partial charge >= 0.3 is 5.69 Å². The second-order valence-electron chi connectivity index (χ2n) is 7.00. The summed E-state index contributed by atoms with van der Waals surface area (Å²) in [5.41, 5.74) is -0.480. The van der Waals surface area contributed by atoms with Gasteiger partial charge in [0.15, 0.2) is 11.5 Å². The van der Waals surface area contributed by atoms with E-state index in [-0.39, 0.29) is 37.7 Å². The molecule has 0 spiro atoms. The van der Waals surface area contributed by atoms with Gasteiger partial charge in [-0.15, -0.1) is 0 Å². The van der Waals surface area contributed by atoms with Crippen molar-refractivity contribution in [2.24, 2.45) is 0 Å². The normalized spacial score (nSPS) is 12.1. The predicted octanol–water partition coefficient (Wildman–Crippen LogP) is 1.96. The van der Waals surface area contributed by atoms with Crippen LogP contribution in [-0.4, -0.2) is 35.6 Å². The number of rotatable bonds is 7. The lowest BCUT2D eigenvalue weighted by Gasteiger charge is -2.13. The number of hydrogen-bond acceptors (Lipinski definition) is 6.